The molecule has 0 aromatic carbocycles. The first kappa shape index (κ1) is 18.2. The second-order valence-electron chi connectivity index (χ2n) is 7.89. The number of allylic oxidation sites excluding steroid dienone is 1. The number of carbonyl (C=O) groups is 2. The van der Waals surface area contributed by atoms with Crippen LogP contribution in [0.1, 0.15) is 56.1 Å². The van der Waals surface area contributed by atoms with Gasteiger partial charge in [0.25, 0.3) is 0 Å². The lowest BCUT2D eigenvalue weighted by Crippen LogP contribution is -2.39. The minimum absolute atomic E-state index is 0.134. The van der Waals surface area contributed by atoms with Crippen molar-refractivity contribution in [1.29, 1.82) is 0 Å². The van der Waals surface area contributed by atoms with Gasteiger partial charge in [0.05, 0.1) is 12.8 Å². The van der Waals surface area contributed by atoms with Gasteiger partial charge in [-0.05, 0) is 57.6 Å². The first-order valence-electron chi connectivity index (χ1n) is 8.73. The SMILES string of the molecule is COC(=O)c1ccc(C2=CC3(CCN2C(=O)OC(C)(C)C)CC3)c(N)n1. The molecule has 1 spiro atoms. The molecule has 1 aromatic rings. The van der Waals surface area contributed by atoms with E-state index in [1.165, 1.54) is 7.11 Å². The van der Waals surface area contributed by atoms with Crippen LogP contribution in [0.4, 0.5) is 10.6 Å². The molecule has 140 valence electrons. The molecule has 1 aromatic heterocycles. The summed E-state index contributed by atoms with van der Waals surface area (Å²) in [5.41, 5.74) is 7.11. The van der Waals surface area contributed by atoms with E-state index in [0.717, 1.165) is 19.3 Å². The van der Waals surface area contributed by atoms with Crippen LogP contribution in [0.15, 0.2) is 18.2 Å². The molecule has 0 saturated heterocycles. The number of hydrogen-bond acceptors (Lipinski definition) is 6. The van der Waals surface area contributed by atoms with E-state index < -0.39 is 17.7 Å². The zero-order chi connectivity index (χ0) is 19.1. The molecular weight excluding hydrogens is 334 g/mol. The summed E-state index contributed by atoms with van der Waals surface area (Å²) in [6, 6.07) is 3.26. The van der Waals surface area contributed by atoms with Crippen LogP contribution in [0.25, 0.3) is 5.70 Å². The number of rotatable bonds is 2. The molecule has 3 rings (SSSR count). The number of aromatic nitrogens is 1. The highest BCUT2D eigenvalue weighted by Gasteiger charge is 2.45. The lowest BCUT2D eigenvalue weighted by molar-refractivity contribution is 0.0337. The summed E-state index contributed by atoms with van der Waals surface area (Å²) < 4.78 is 10.2. The number of carbonyl (C=O) groups excluding carboxylic acids is 2. The average molecular weight is 359 g/mol. The number of methoxy groups -OCH3 is 1. The average Bonchev–Trinajstić information content (AvgIpc) is 3.31. The highest BCUT2D eigenvalue weighted by atomic mass is 16.6. The van der Waals surface area contributed by atoms with E-state index >= 15 is 0 Å². The molecule has 0 unspecified atom stereocenters. The first-order valence-corrected chi connectivity index (χ1v) is 8.73. The fraction of sp³-hybridized carbons (Fsp3) is 0.526. The van der Waals surface area contributed by atoms with Crippen LogP contribution in [0.3, 0.4) is 0 Å². The van der Waals surface area contributed by atoms with Gasteiger partial charge in [-0.15, -0.1) is 0 Å². The maximum absolute atomic E-state index is 12.7. The molecule has 0 bridgehead atoms. The zero-order valence-electron chi connectivity index (χ0n) is 15.7. The molecule has 2 aliphatic rings. The normalized spacial score (nSPS) is 18.3. The maximum Gasteiger partial charge on any atom is 0.414 e. The topological polar surface area (TPSA) is 94.8 Å². The Morgan fingerprint density at radius 3 is 2.46 bits per heavy atom. The van der Waals surface area contributed by atoms with E-state index in [1.807, 2.05) is 20.8 Å². The summed E-state index contributed by atoms with van der Waals surface area (Å²) in [7, 11) is 1.29. The van der Waals surface area contributed by atoms with Gasteiger partial charge in [0, 0.05) is 12.1 Å². The van der Waals surface area contributed by atoms with Crippen LogP contribution < -0.4 is 5.73 Å². The number of hydrogen-bond donors (Lipinski definition) is 1. The molecule has 1 saturated carbocycles. The maximum atomic E-state index is 12.7. The molecule has 2 N–H and O–H groups in total. The molecule has 2 heterocycles. The first-order chi connectivity index (χ1) is 12.1. The fourth-order valence-corrected chi connectivity index (χ4v) is 3.09. The molecular formula is C19H25N3O4. The van der Waals surface area contributed by atoms with Gasteiger partial charge in [-0.1, -0.05) is 6.08 Å². The second kappa shape index (κ2) is 6.30. The smallest absolute Gasteiger partial charge is 0.414 e. The van der Waals surface area contributed by atoms with Gasteiger partial charge in [0.15, 0.2) is 5.69 Å². The Hall–Kier alpha value is -2.57. The lowest BCUT2D eigenvalue weighted by atomic mass is 9.93. The Morgan fingerprint density at radius 1 is 1.23 bits per heavy atom. The van der Waals surface area contributed by atoms with Crippen LogP contribution >= 0.6 is 0 Å². The van der Waals surface area contributed by atoms with Gasteiger partial charge < -0.3 is 15.2 Å². The number of esters is 1. The third kappa shape index (κ3) is 3.66. The molecule has 0 radical (unpaired) electrons. The van der Waals surface area contributed by atoms with E-state index in [1.54, 1.807) is 17.0 Å². The fourth-order valence-electron chi connectivity index (χ4n) is 3.09. The van der Waals surface area contributed by atoms with Crippen molar-refractivity contribution in [2.75, 3.05) is 19.4 Å². The molecule has 1 aliphatic carbocycles. The number of anilines is 1. The highest BCUT2D eigenvalue weighted by molar-refractivity contribution is 5.90. The number of ether oxygens (including phenoxy) is 2. The van der Waals surface area contributed by atoms with Crippen molar-refractivity contribution < 1.29 is 19.1 Å². The number of nitrogen functional groups attached to an aromatic ring is 1. The Bertz CT molecular complexity index is 775. The predicted molar refractivity (Wildman–Crippen MR) is 97.2 cm³/mol. The number of amides is 1. The third-order valence-corrected chi connectivity index (χ3v) is 4.67. The van der Waals surface area contributed by atoms with Gasteiger partial charge in [-0.2, -0.15) is 0 Å². The zero-order valence-corrected chi connectivity index (χ0v) is 15.7. The Kier molecular flexibility index (Phi) is 4.42. The Balaban J connectivity index is 1.97. The second-order valence-corrected chi connectivity index (χ2v) is 7.89. The number of nitrogens with two attached hydrogens (primary N) is 1. The highest BCUT2D eigenvalue weighted by Crippen LogP contribution is 2.54. The standard InChI is InChI=1S/C19H25N3O4/c1-18(2,3)26-17(24)22-10-9-19(7-8-19)11-14(22)12-5-6-13(16(23)25-4)21-15(12)20/h5-6,11H,7-10H2,1-4H3,(H2,20,21). The number of pyridine rings is 1. The van der Waals surface area contributed by atoms with E-state index in [-0.39, 0.29) is 16.9 Å². The molecule has 1 amide bonds. The summed E-state index contributed by atoms with van der Waals surface area (Å²) in [6.45, 7) is 6.07. The van der Waals surface area contributed by atoms with Crippen molar-refractivity contribution in [2.24, 2.45) is 5.41 Å². The van der Waals surface area contributed by atoms with Gasteiger partial charge in [0.1, 0.15) is 11.4 Å². The minimum Gasteiger partial charge on any atom is -0.464 e. The van der Waals surface area contributed by atoms with Crippen molar-refractivity contribution in [2.45, 2.75) is 45.6 Å². The van der Waals surface area contributed by atoms with Crippen LogP contribution in [-0.2, 0) is 9.47 Å². The summed E-state index contributed by atoms with van der Waals surface area (Å²) in [6.07, 6.45) is 4.81. The summed E-state index contributed by atoms with van der Waals surface area (Å²) in [5.74, 6) is -0.367. The van der Waals surface area contributed by atoms with Crippen molar-refractivity contribution in [1.82, 2.24) is 9.88 Å². The van der Waals surface area contributed by atoms with E-state index in [4.69, 9.17) is 10.5 Å². The summed E-state index contributed by atoms with van der Waals surface area (Å²) >= 11 is 0. The van der Waals surface area contributed by atoms with Gasteiger partial charge in [0.2, 0.25) is 0 Å². The largest absolute Gasteiger partial charge is 0.464 e. The van der Waals surface area contributed by atoms with E-state index in [2.05, 4.69) is 15.8 Å². The number of nitrogens with zero attached hydrogens (tertiary/aromatic N) is 2. The van der Waals surface area contributed by atoms with Crippen molar-refractivity contribution in [3.05, 3.63) is 29.5 Å². The monoisotopic (exact) mass is 359 g/mol. The van der Waals surface area contributed by atoms with E-state index in [0.29, 0.717) is 17.8 Å². The lowest BCUT2D eigenvalue weighted by Gasteiger charge is -2.34. The van der Waals surface area contributed by atoms with Crippen LogP contribution in [-0.4, -0.2) is 41.2 Å². The van der Waals surface area contributed by atoms with Crippen molar-refractivity contribution in [3.63, 3.8) is 0 Å². The van der Waals surface area contributed by atoms with Crippen LogP contribution in [0, 0.1) is 5.41 Å². The molecule has 7 nitrogen and oxygen atoms in total. The minimum atomic E-state index is -0.588. The van der Waals surface area contributed by atoms with Crippen molar-refractivity contribution in [3.8, 4) is 0 Å². The quantitative estimate of drug-likeness (QED) is 0.815. The van der Waals surface area contributed by atoms with Crippen LogP contribution in [0.5, 0.6) is 0 Å². The van der Waals surface area contributed by atoms with E-state index in [9.17, 15) is 9.59 Å². The van der Waals surface area contributed by atoms with Gasteiger partial charge in [-0.3, -0.25) is 4.90 Å². The van der Waals surface area contributed by atoms with Gasteiger partial charge in [-0.25, -0.2) is 14.6 Å². The molecule has 26 heavy (non-hydrogen) atoms. The van der Waals surface area contributed by atoms with Crippen LogP contribution in [0.2, 0.25) is 0 Å². The molecule has 1 aliphatic heterocycles. The molecule has 1 fully saturated rings. The molecule has 0 atom stereocenters. The van der Waals surface area contributed by atoms with Crippen molar-refractivity contribution >= 4 is 23.6 Å². The Labute approximate surface area is 153 Å². The Morgan fingerprint density at radius 2 is 1.92 bits per heavy atom. The van der Waals surface area contributed by atoms with Gasteiger partial charge >= 0.3 is 12.1 Å². The summed E-state index contributed by atoms with van der Waals surface area (Å²) in [4.78, 5) is 30.1. The predicted octanol–water partition coefficient (Wildman–Crippen LogP) is 3.21. The third-order valence-electron chi connectivity index (χ3n) is 4.67. The summed E-state index contributed by atoms with van der Waals surface area (Å²) in [5, 5.41) is 0. The molecule has 7 heteroatoms.